The Kier molecular flexibility index (Phi) is 4.48. The fourth-order valence-electron chi connectivity index (χ4n) is 1.80. The molecule has 1 aromatic carbocycles. The summed E-state index contributed by atoms with van der Waals surface area (Å²) in [7, 11) is 0. The number of hydrogen-bond donors (Lipinski definition) is 0. The predicted octanol–water partition coefficient (Wildman–Crippen LogP) is 3.24. The Labute approximate surface area is 119 Å². The Morgan fingerprint density at radius 2 is 2.14 bits per heavy atom. The van der Waals surface area contributed by atoms with Crippen molar-refractivity contribution < 1.29 is 17.9 Å². The van der Waals surface area contributed by atoms with Gasteiger partial charge in [0, 0.05) is 18.9 Å². The Morgan fingerprint density at radius 3 is 2.76 bits per heavy atom. The summed E-state index contributed by atoms with van der Waals surface area (Å²) in [4.78, 5) is 3.87. The highest BCUT2D eigenvalue weighted by Gasteiger charge is 2.34. The van der Waals surface area contributed by atoms with E-state index in [2.05, 4.69) is 4.98 Å². The van der Waals surface area contributed by atoms with Crippen molar-refractivity contribution in [3.63, 3.8) is 0 Å². The molecule has 7 heteroatoms. The number of rotatable bonds is 5. The van der Waals surface area contributed by atoms with Crippen LogP contribution in [0, 0.1) is 11.3 Å². The van der Waals surface area contributed by atoms with Crippen molar-refractivity contribution >= 4 is 0 Å². The van der Waals surface area contributed by atoms with Crippen LogP contribution in [-0.2, 0) is 12.7 Å². The summed E-state index contributed by atoms with van der Waals surface area (Å²) in [6.45, 7) is 0.755. The molecule has 2 rings (SSSR count). The molecule has 0 unspecified atom stereocenters. The normalized spacial score (nSPS) is 11.1. The topological polar surface area (TPSA) is 50.8 Å². The Balaban J connectivity index is 2.00. The van der Waals surface area contributed by atoms with E-state index in [-0.39, 0.29) is 17.9 Å². The average Bonchev–Trinajstić information content (AvgIpc) is 2.96. The third kappa shape index (κ3) is 3.99. The number of nitriles is 1. The van der Waals surface area contributed by atoms with E-state index >= 15 is 0 Å². The van der Waals surface area contributed by atoms with E-state index in [1.807, 2.05) is 4.57 Å². The van der Waals surface area contributed by atoms with E-state index in [9.17, 15) is 13.2 Å². The number of aromatic nitrogens is 2. The first-order valence-corrected chi connectivity index (χ1v) is 6.20. The molecule has 0 aliphatic rings. The van der Waals surface area contributed by atoms with Gasteiger partial charge in [0.05, 0.1) is 30.1 Å². The summed E-state index contributed by atoms with van der Waals surface area (Å²) in [5.41, 5.74) is -0.975. The number of hydrogen-bond acceptors (Lipinski definition) is 3. The van der Waals surface area contributed by atoms with Crippen molar-refractivity contribution in [2.45, 2.75) is 19.1 Å². The van der Waals surface area contributed by atoms with E-state index in [1.54, 1.807) is 24.8 Å². The summed E-state index contributed by atoms with van der Waals surface area (Å²) >= 11 is 0. The van der Waals surface area contributed by atoms with Crippen LogP contribution in [0.2, 0.25) is 0 Å². The molecule has 0 saturated heterocycles. The van der Waals surface area contributed by atoms with Gasteiger partial charge in [0.2, 0.25) is 0 Å². The lowest BCUT2D eigenvalue weighted by atomic mass is 10.1. The Morgan fingerprint density at radius 1 is 1.33 bits per heavy atom. The zero-order valence-corrected chi connectivity index (χ0v) is 11.0. The van der Waals surface area contributed by atoms with Gasteiger partial charge < -0.3 is 9.30 Å². The van der Waals surface area contributed by atoms with Crippen LogP contribution >= 0.6 is 0 Å². The molecule has 0 aliphatic heterocycles. The fraction of sp³-hybridized carbons (Fsp3) is 0.286. The van der Waals surface area contributed by atoms with E-state index in [4.69, 9.17) is 10.00 Å². The maximum absolute atomic E-state index is 12.9. The highest BCUT2D eigenvalue weighted by molar-refractivity contribution is 5.43. The molecule has 0 fully saturated rings. The maximum Gasteiger partial charge on any atom is 0.420 e. The molecule has 1 heterocycles. The fourth-order valence-corrected chi connectivity index (χ4v) is 1.80. The molecular weight excluding hydrogens is 283 g/mol. The number of alkyl halides is 3. The number of ether oxygens (including phenoxy) is 1. The second-order valence-corrected chi connectivity index (χ2v) is 4.32. The van der Waals surface area contributed by atoms with Crippen molar-refractivity contribution in [1.29, 1.82) is 5.26 Å². The number of halogens is 3. The van der Waals surface area contributed by atoms with Crippen LogP contribution in [0.5, 0.6) is 5.75 Å². The molecule has 0 atom stereocenters. The van der Waals surface area contributed by atoms with Crippen molar-refractivity contribution in [1.82, 2.24) is 9.55 Å². The minimum atomic E-state index is -4.55. The number of benzene rings is 1. The molecule has 2 aromatic rings. The largest absolute Gasteiger partial charge is 0.493 e. The van der Waals surface area contributed by atoms with Crippen LogP contribution in [0.4, 0.5) is 13.2 Å². The van der Waals surface area contributed by atoms with Gasteiger partial charge in [-0.05, 0) is 24.6 Å². The summed E-state index contributed by atoms with van der Waals surface area (Å²) in [5, 5.41) is 8.67. The van der Waals surface area contributed by atoms with Gasteiger partial charge in [-0.1, -0.05) is 0 Å². The smallest absolute Gasteiger partial charge is 0.420 e. The molecule has 0 amide bonds. The molecule has 0 saturated carbocycles. The lowest BCUT2D eigenvalue weighted by Crippen LogP contribution is -2.10. The van der Waals surface area contributed by atoms with Crippen LogP contribution in [0.1, 0.15) is 17.5 Å². The Hall–Kier alpha value is -2.49. The summed E-state index contributed by atoms with van der Waals surface area (Å²) < 4.78 is 45.7. The summed E-state index contributed by atoms with van der Waals surface area (Å²) in [6.07, 6.45) is 1.02. The van der Waals surface area contributed by atoms with Gasteiger partial charge in [-0.15, -0.1) is 0 Å². The van der Waals surface area contributed by atoms with Crippen molar-refractivity contribution in [2.24, 2.45) is 0 Å². The quantitative estimate of drug-likeness (QED) is 0.796. The van der Waals surface area contributed by atoms with Gasteiger partial charge in [0.1, 0.15) is 5.75 Å². The minimum Gasteiger partial charge on any atom is -0.493 e. The van der Waals surface area contributed by atoms with Gasteiger partial charge in [0.15, 0.2) is 0 Å². The monoisotopic (exact) mass is 295 g/mol. The van der Waals surface area contributed by atoms with Crippen molar-refractivity contribution in [2.75, 3.05) is 6.61 Å². The van der Waals surface area contributed by atoms with Crippen molar-refractivity contribution in [3.8, 4) is 11.8 Å². The van der Waals surface area contributed by atoms with Crippen LogP contribution in [-0.4, -0.2) is 16.2 Å². The average molecular weight is 295 g/mol. The standard InChI is InChI=1S/C14H12F3N3O/c15-14(16,17)12-8-11(9-18)2-3-13(12)21-7-1-5-20-6-4-19-10-20/h2-4,6,8,10H,1,5,7H2. The highest BCUT2D eigenvalue weighted by Crippen LogP contribution is 2.36. The molecule has 0 radical (unpaired) electrons. The molecule has 0 N–H and O–H groups in total. The first kappa shape index (κ1) is 14.9. The Bertz CT molecular complexity index is 630. The molecular formula is C14H12F3N3O. The second-order valence-electron chi connectivity index (χ2n) is 4.32. The molecule has 110 valence electrons. The molecule has 0 bridgehead atoms. The third-order valence-corrected chi connectivity index (χ3v) is 2.79. The first-order valence-electron chi connectivity index (χ1n) is 6.20. The predicted molar refractivity (Wildman–Crippen MR) is 68.5 cm³/mol. The van der Waals surface area contributed by atoms with Crippen LogP contribution in [0.25, 0.3) is 0 Å². The van der Waals surface area contributed by atoms with Crippen LogP contribution in [0.15, 0.2) is 36.9 Å². The zero-order valence-electron chi connectivity index (χ0n) is 11.0. The van der Waals surface area contributed by atoms with Gasteiger partial charge in [0.25, 0.3) is 0 Å². The lowest BCUT2D eigenvalue weighted by molar-refractivity contribution is -0.139. The van der Waals surface area contributed by atoms with Crippen molar-refractivity contribution in [3.05, 3.63) is 48.0 Å². The zero-order chi connectivity index (χ0) is 15.3. The van der Waals surface area contributed by atoms with E-state index in [0.29, 0.717) is 13.0 Å². The highest BCUT2D eigenvalue weighted by atomic mass is 19.4. The van der Waals surface area contributed by atoms with E-state index in [1.165, 1.54) is 12.1 Å². The first-order chi connectivity index (χ1) is 10.0. The van der Waals surface area contributed by atoms with Gasteiger partial charge in [-0.2, -0.15) is 18.4 Å². The third-order valence-electron chi connectivity index (χ3n) is 2.79. The second kappa shape index (κ2) is 6.31. The van der Waals surface area contributed by atoms with Crippen LogP contribution < -0.4 is 4.74 Å². The minimum absolute atomic E-state index is 0.0481. The molecule has 21 heavy (non-hydrogen) atoms. The molecule has 1 aromatic heterocycles. The van der Waals surface area contributed by atoms with Gasteiger partial charge in [-0.25, -0.2) is 4.98 Å². The number of aryl methyl sites for hydroxylation is 1. The summed E-state index contributed by atoms with van der Waals surface area (Å²) in [6, 6.07) is 4.97. The van der Waals surface area contributed by atoms with Crippen LogP contribution in [0.3, 0.4) is 0 Å². The van der Waals surface area contributed by atoms with E-state index in [0.717, 1.165) is 6.07 Å². The van der Waals surface area contributed by atoms with E-state index < -0.39 is 11.7 Å². The molecule has 0 aliphatic carbocycles. The maximum atomic E-state index is 12.9. The van der Waals surface area contributed by atoms with Gasteiger partial charge >= 0.3 is 6.18 Å². The number of nitrogens with zero attached hydrogens (tertiary/aromatic N) is 3. The number of imidazole rings is 1. The summed E-state index contributed by atoms with van der Waals surface area (Å²) in [5.74, 6) is -0.257. The SMILES string of the molecule is N#Cc1ccc(OCCCn2ccnc2)c(C(F)(F)F)c1. The molecule has 4 nitrogen and oxygen atoms in total. The molecule has 0 spiro atoms. The van der Waals surface area contributed by atoms with Gasteiger partial charge in [-0.3, -0.25) is 0 Å². The lowest BCUT2D eigenvalue weighted by Gasteiger charge is -2.14.